The van der Waals surface area contributed by atoms with E-state index in [2.05, 4.69) is 10.6 Å². The molecule has 0 bridgehead atoms. The Bertz CT molecular complexity index is 577. The molecule has 1 rings (SSSR count). The van der Waals surface area contributed by atoms with Crippen molar-refractivity contribution in [1.29, 1.82) is 0 Å². The maximum absolute atomic E-state index is 12.0. The predicted octanol–water partition coefficient (Wildman–Crippen LogP) is 2.13. The molecule has 6 nitrogen and oxygen atoms in total. The monoisotopic (exact) mass is 340 g/mol. The molecule has 1 aromatic rings. The van der Waals surface area contributed by atoms with E-state index in [4.69, 9.17) is 16.7 Å². The predicted molar refractivity (Wildman–Crippen MR) is 87.1 cm³/mol. The van der Waals surface area contributed by atoms with Crippen LogP contribution in [0.3, 0.4) is 0 Å². The van der Waals surface area contributed by atoms with E-state index in [1.165, 1.54) is 0 Å². The maximum atomic E-state index is 12.0. The highest BCUT2D eigenvalue weighted by atomic mass is 35.5. The average molecular weight is 341 g/mol. The topological polar surface area (TPSA) is 95.5 Å². The van der Waals surface area contributed by atoms with Gasteiger partial charge in [0.1, 0.15) is 0 Å². The summed E-state index contributed by atoms with van der Waals surface area (Å²) >= 11 is 6.06. The van der Waals surface area contributed by atoms with E-state index in [1.54, 1.807) is 31.2 Å². The first-order valence-electron chi connectivity index (χ1n) is 7.38. The van der Waals surface area contributed by atoms with Gasteiger partial charge in [-0.3, -0.25) is 14.4 Å². The van der Waals surface area contributed by atoms with Crippen molar-refractivity contribution >= 4 is 29.4 Å². The van der Waals surface area contributed by atoms with Gasteiger partial charge in [-0.15, -0.1) is 0 Å². The van der Waals surface area contributed by atoms with Gasteiger partial charge in [-0.1, -0.05) is 43.6 Å². The van der Waals surface area contributed by atoms with E-state index in [1.807, 2.05) is 6.92 Å². The minimum Gasteiger partial charge on any atom is -0.481 e. The number of halogens is 1. The molecule has 126 valence electrons. The van der Waals surface area contributed by atoms with Crippen molar-refractivity contribution in [2.75, 3.05) is 6.54 Å². The standard InChI is InChI=1S/C16H21ClN2O4/c1-3-10(2)16(23)18-9-14(20)19-13(8-15(21)22)11-6-4-5-7-12(11)17/h4-7,10,13H,3,8-9H2,1-2H3,(H,18,23)(H,19,20)(H,21,22)/t10-,13+/m1/s1. The normalized spacial score (nSPS) is 13.0. The Kier molecular flexibility index (Phi) is 7.54. The number of rotatable bonds is 8. The third kappa shape index (κ3) is 6.28. The van der Waals surface area contributed by atoms with Crippen LogP contribution in [0.1, 0.15) is 38.3 Å². The maximum Gasteiger partial charge on any atom is 0.305 e. The SMILES string of the molecule is CC[C@@H](C)C(=O)NCC(=O)N[C@@H](CC(=O)O)c1ccccc1Cl. The summed E-state index contributed by atoms with van der Waals surface area (Å²) in [5.41, 5.74) is 0.526. The van der Waals surface area contributed by atoms with Crippen molar-refractivity contribution in [2.45, 2.75) is 32.7 Å². The molecule has 0 fully saturated rings. The number of nitrogens with one attached hydrogen (secondary N) is 2. The van der Waals surface area contributed by atoms with Gasteiger partial charge in [0.05, 0.1) is 19.0 Å². The molecular weight excluding hydrogens is 320 g/mol. The molecule has 0 radical (unpaired) electrons. The lowest BCUT2D eigenvalue weighted by Crippen LogP contribution is -2.40. The van der Waals surface area contributed by atoms with E-state index in [-0.39, 0.29) is 24.8 Å². The fraction of sp³-hybridized carbons (Fsp3) is 0.438. The summed E-state index contributed by atoms with van der Waals surface area (Å²) in [7, 11) is 0. The molecule has 2 amide bonds. The zero-order valence-corrected chi connectivity index (χ0v) is 13.9. The number of carboxylic acids is 1. The van der Waals surface area contributed by atoms with Crippen molar-refractivity contribution < 1.29 is 19.5 Å². The van der Waals surface area contributed by atoms with Crippen LogP contribution in [-0.4, -0.2) is 29.4 Å². The Labute approximate surface area is 140 Å². The lowest BCUT2D eigenvalue weighted by Gasteiger charge is -2.19. The zero-order valence-electron chi connectivity index (χ0n) is 13.1. The summed E-state index contributed by atoms with van der Waals surface area (Å²) in [6, 6.07) is 5.97. The molecule has 0 unspecified atom stereocenters. The third-order valence-corrected chi connectivity index (χ3v) is 3.82. The number of benzene rings is 1. The van der Waals surface area contributed by atoms with Crippen molar-refractivity contribution in [3.63, 3.8) is 0 Å². The highest BCUT2D eigenvalue weighted by Crippen LogP contribution is 2.24. The molecule has 7 heteroatoms. The molecule has 0 aliphatic rings. The molecular formula is C16H21ClN2O4. The Morgan fingerprint density at radius 2 is 1.91 bits per heavy atom. The summed E-state index contributed by atoms with van der Waals surface area (Å²) in [6.07, 6.45) is 0.378. The van der Waals surface area contributed by atoms with Crippen LogP contribution in [0.4, 0.5) is 0 Å². The van der Waals surface area contributed by atoms with E-state index in [0.717, 1.165) is 0 Å². The fourth-order valence-corrected chi connectivity index (χ4v) is 2.21. The van der Waals surface area contributed by atoms with Crippen LogP contribution >= 0.6 is 11.6 Å². The Morgan fingerprint density at radius 3 is 2.48 bits per heavy atom. The summed E-state index contributed by atoms with van der Waals surface area (Å²) < 4.78 is 0. The van der Waals surface area contributed by atoms with Gasteiger partial charge in [0, 0.05) is 10.9 Å². The lowest BCUT2D eigenvalue weighted by molar-refractivity contribution is -0.138. The molecule has 23 heavy (non-hydrogen) atoms. The number of amides is 2. The average Bonchev–Trinajstić information content (AvgIpc) is 2.51. The van der Waals surface area contributed by atoms with Crippen LogP contribution in [0, 0.1) is 5.92 Å². The number of carbonyl (C=O) groups is 3. The van der Waals surface area contributed by atoms with Crippen LogP contribution in [0.5, 0.6) is 0 Å². The first-order valence-corrected chi connectivity index (χ1v) is 7.76. The van der Waals surface area contributed by atoms with Crippen LogP contribution in [-0.2, 0) is 14.4 Å². The van der Waals surface area contributed by atoms with Crippen LogP contribution in [0.2, 0.25) is 5.02 Å². The van der Waals surface area contributed by atoms with Crippen LogP contribution < -0.4 is 10.6 Å². The molecule has 0 saturated carbocycles. The highest BCUT2D eigenvalue weighted by molar-refractivity contribution is 6.31. The Balaban J connectivity index is 2.71. The summed E-state index contributed by atoms with van der Waals surface area (Å²) in [4.78, 5) is 34.6. The molecule has 1 aromatic carbocycles. The number of carboxylic acid groups (broad SMARTS) is 1. The Morgan fingerprint density at radius 1 is 1.26 bits per heavy atom. The molecule has 0 heterocycles. The van der Waals surface area contributed by atoms with Gasteiger partial charge < -0.3 is 15.7 Å². The molecule has 0 aliphatic carbocycles. The van der Waals surface area contributed by atoms with Crippen molar-refractivity contribution in [3.05, 3.63) is 34.9 Å². The third-order valence-electron chi connectivity index (χ3n) is 3.48. The van der Waals surface area contributed by atoms with Gasteiger partial charge in [-0.25, -0.2) is 0 Å². The largest absolute Gasteiger partial charge is 0.481 e. The summed E-state index contributed by atoms with van der Waals surface area (Å²) in [6.45, 7) is 3.44. The zero-order chi connectivity index (χ0) is 17.4. The van der Waals surface area contributed by atoms with E-state index in [0.29, 0.717) is 17.0 Å². The number of hydrogen-bond acceptors (Lipinski definition) is 3. The number of carbonyl (C=O) groups excluding carboxylic acids is 2. The first-order chi connectivity index (χ1) is 10.8. The highest BCUT2D eigenvalue weighted by Gasteiger charge is 2.20. The van der Waals surface area contributed by atoms with Crippen LogP contribution in [0.25, 0.3) is 0 Å². The second-order valence-electron chi connectivity index (χ2n) is 5.27. The molecule has 0 aromatic heterocycles. The molecule has 3 N–H and O–H groups in total. The number of hydrogen-bond donors (Lipinski definition) is 3. The summed E-state index contributed by atoms with van der Waals surface area (Å²) in [5.74, 6) is -1.91. The second-order valence-corrected chi connectivity index (χ2v) is 5.67. The van der Waals surface area contributed by atoms with Gasteiger partial charge in [-0.05, 0) is 18.1 Å². The van der Waals surface area contributed by atoms with Gasteiger partial charge in [0.25, 0.3) is 0 Å². The van der Waals surface area contributed by atoms with Gasteiger partial charge in [-0.2, -0.15) is 0 Å². The van der Waals surface area contributed by atoms with Crippen LogP contribution in [0.15, 0.2) is 24.3 Å². The minimum atomic E-state index is -1.06. The second kappa shape index (κ2) is 9.15. The van der Waals surface area contributed by atoms with E-state index in [9.17, 15) is 14.4 Å². The van der Waals surface area contributed by atoms with Gasteiger partial charge in [0.15, 0.2) is 0 Å². The molecule has 0 aliphatic heterocycles. The number of aliphatic carboxylic acids is 1. The first kappa shape index (κ1) is 19.0. The van der Waals surface area contributed by atoms with Crippen molar-refractivity contribution in [1.82, 2.24) is 10.6 Å². The van der Waals surface area contributed by atoms with E-state index >= 15 is 0 Å². The lowest BCUT2D eigenvalue weighted by atomic mass is 10.0. The van der Waals surface area contributed by atoms with Crippen molar-refractivity contribution in [2.24, 2.45) is 5.92 Å². The van der Waals surface area contributed by atoms with Crippen molar-refractivity contribution in [3.8, 4) is 0 Å². The van der Waals surface area contributed by atoms with E-state index < -0.39 is 17.9 Å². The van der Waals surface area contributed by atoms with Gasteiger partial charge in [0.2, 0.25) is 11.8 Å². The quantitative estimate of drug-likeness (QED) is 0.675. The minimum absolute atomic E-state index is 0.179. The molecule has 0 spiro atoms. The Hall–Kier alpha value is -2.08. The smallest absolute Gasteiger partial charge is 0.305 e. The summed E-state index contributed by atoms with van der Waals surface area (Å²) in [5, 5.41) is 14.5. The van der Waals surface area contributed by atoms with Gasteiger partial charge >= 0.3 is 5.97 Å². The molecule has 0 saturated heterocycles. The fourth-order valence-electron chi connectivity index (χ4n) is 1.94. The molecule has 2 atom stereocenters.